The number of likely N-dealkylation sites (tertiary alicyclic amines) is 1. The van der Waals surface area contributed by atoms with Crippen LogP contribution in [0.15, 0.2) is 48.5 Å². The molecule has 3 rings (SSSR count). The maximum atomic E-state index is 13.8. The van der Waals surface area contributed by atoms with Crippen molar-refractivity contribution in [2.75, 3.05) is 13.1 Å². The van der Waals surface area contributed by atoms with Crippen molar-refractivity contribution in [1.29, 1.82) is 0 Å². The van der Waals surface area contributed by atoms with Crippen molar-refractivity contribution >= 4 is 12.0 Å². The number of ether oxygens (including phenoxy) is 1. The summed E-state index contributed by atoms with van der Waals surface area (Å²) < 4.78 is 32.9. The van der Waals surface area contributed by atoms with Gasteiger partial charge in [0.05, 0.1) is 0 Å². The van der Waals surface area contributed by atoms with Crippen molar-refractivity contribution in [2.24, 2.45) is 0 Å². The number of carbonyl (C=O) groups excluding carboxylic acids is 2. The van der Waals surface area contributed by atoms with Gasteiger partial charge in [-0.2, -0.15) is 0 Å². The van der Waals surface area contributed by atoms with Crippen LogP contribution in [0.5, 0.6) is 0 Å². The number of nitrogens with one attached hydrogen (secondary N) is 1. The summed E-state index contributed by atoms with van der Waals surface area (Å²) >= 11 is 0. The molecule has 0 atom stereocenters. The maximum Gasteiger partial charge on any atom is 0.410 e. The molecule has 2 aromatic carbocycles. The van der Waals surface area contributed by atoms with E-state index in [0.717, 1.165) is 17.7 Å². The molecule has 0 saturated carbocycles. The van der Waals surface area contributed by atoms with Crippen molar-refractivity contribution < 1.29 is 23.1 Å². The van der Waals surface area contributed by atoms with Crippen LogP contribution in [0, 0.1) is 11.6 Å². The number of hydrogen-bond acceptors (Lipinski definition) is 3. The number of carbonyl (C=O) groups is 2. The number of hydrogen-bond donors (Lipinski definition) is 1. The second-order valence-corrected chi connectivity index (χ2v) is 7.14. The van der Waals surface area contributed by atoms with E-state index in [4.69, 9.17) is 4.74 Å². The minimum Gasteiger partial charge on any atom is -0.445 e. The van der Waals surface area contributed by atoms with Gasteiger partial charge in [0.2, 0.25) is 0 Å². The van der Waals surface area contributed by atoms with Crippen LogP contribution in [0.2, 0.25) is 0 Å². The Bertz CT molecular complexity index is 830. The van der Waals surface area contributed by atoms with E-state index < -0.39 is 34.7 Å². The van der Waals surface area contributed by atoms with E-state index in [2.05, 4.69) is 5.32 Å². The van der Waals surface area contributed by atoms with E-state index in [1.807, 2.05) is 30.3 Å². The molecule has 0 bridgehead atoms. The van der Waals surface area contributed by atoms with Gasteiger partial charge in [0, 0.05) is 18.6 Å². The SMILES string of the molecule is CC1(NC(=O)c2c(F)cccc2F)CCN(C(=O)OCc2ccccc2)CC1. The number of benzene rings is 2. The van der Waals surface area contributed by atoms with Gasteiger partial charge in [0.15, 0.2) is 0 Å². The lowest BCUT2D eigenvalue weighted by Crippen LogP contribution is -2.54. The van der Waals surface area contributed by atoms with Crippen LogP contribution in [0.3, 0.4) is 0 Å². The molecule has 2 amide bonds. The molecule has 0 radical (unpaired) electrons. The van der Waals surface area contributed by atoms with Gasteiger partial charge >= 0.3 is 6.09 Å². The summed E-state index contributed by atoms with van der Waals surface area (Å²) in [6.45, 7) is 2.75. The zero-order chi connectivity index (χ0) is 20.1. The minimum absolute atomic E-state index is 0.191. The molecule has 148 valence electrons. The molecular weight excluding hydrogens is 366 g/mol. The average Bonchev–Trinajstić information content (AvgIpc) is 2.67. The molecule has 28 heavy (non-hydrogen) atoms. The molecule has 1 heterocycles. The maximum absolute atomic E-state index is 13.8. The lowest BCUT2D eigenvalue weighted by Gasteiger charge is -2.39. The lowest BCUT2D eigenvalue weighted by molar-refractivity contribution is 0.0693. The molecule has 1 aliphatic heterocycles. The van der Waals surface area contributed by atoms with Gasteiger partial charge in [0.1, 0.15) is 23.8 Å². The fourth-order valence-electron chi connectivity index (χ4n) is 3.17. The molecule has 1 N–H and O–H groups in total. The number of nitrogens with zero attached hydrogens (tertiary/aromatic N) is 1. The highest BCUT2D eigenvalue weighted by Gasteiger charge is 2.35. The van der Waals surface area contributed by atoms with Crippen molar-refractivity contribution in [3.05, 3.63) is 71.3 Å². The third-order valence-corrected chi connectivity index (χ3v) is 4.94. The Kier molecular flexibility index (Phi) is 5.92. The van der Waals surface area contributed by atoms with Crippen LogP contribution >= 0.6 is 0 Å². The highest BCUT2D eigenvalue weighted by atomic mass is 19.1. The summed E-state index contributed by atoms with van der Waals surface area (Å²) in [4.78, 5) is 26.1. The zero-order valence-corrected chi connectivity index (χ0v) is 15.6. The predicted molar refractivity (Wildman–Crippen MR) is 99.7 cm³/mol. The fourth-order valence-corrected chi connectivity index (χ4v) is 3.17. The summed E-state index contributed by atoms with van der Waals surface area (Å²) in [5, 5.41) is 2.71. The highest BCUT2D eigenvalue weighted by molar-refractivity contribution is 5.95. The monoisotopic (exact) mass is 388 g/mol. The van der Waals surface area contributed by atoms with Crippen molar-refractivity contribution in [2.45, 2.75) is 31.9 Å². The lowest BCUT2D eigenvalue weighted by atomic mass is 9.89. The third kappa shape index (κ3) is 4.65. The summed E-state index contributed by atoms with van der Waals surface area (Å²) in [6.07, 6.45) is 0.488. The average molecular weight is 388 g/mol. The first-order valence-corrected chi connectivity index (χ1v) is 9.10. The Labute approximate surface area is 162 Å². The molecular formula is C21H22F2N2O3. The van der Waals surface area contributed by atoms with Crippen molar-refractivity contribution in [1.82, 2.24) is 10.2 Å². The standard InChI is InChI=1S/C21H22F2N2O3/c1-21(24-19(26)18-16(22)8-5-9-17(18)23)10-12-25(13-11-21)20(27)28-14-15-6-3-2-4-7-15/h2-9H,10-14H2,1H3,(H,24,26). The first kappa shape index (κ1) is 19.8. The number of halogens is 2. The molecule has 1 fully saturated rings. The van der Waals surface area contributed by atoms with E-state index in [1.54, 1.807) is 11.8 Å². The Morgan fingerprint density at radius 2 is 1.64 bits per heavy atom. The topological polar surface area (TPSA) is 58.6 Å². The quantitative estimate of drug-likeness (QED) is 0.865. The van der Waals surface area contributed by atoms with Crippen LogP contribution in [-0.4, -0.2) is 35.5 Å². The molecule has 7 heteroatoms. The van der Waals surface area contributed by atoms with Gasteiger partial charge in [-0.25, -0.2) is 13.6 Å². The summed E-state index contributed by atoms with van der Waals surface area (Å²) in [5.74, 6) is -2.59. The van der Waals surface area contributed by atoms with Gasteiger partial charge < -0.3 is 15.0 Å². The van der Waals surface area contributed by atoms with E-state index in [0.29, 0.717) is 25.9 Å². The zero-order valence-electron chi connectivity index (χ0n) is 15.6. The first-order valence-electron chi connectivity index (χ1n) is 9.10. The largest absolute Gasteiger partial charge is 0.445 e. The van der Waals surface area contributed by atoms with Gasteiger partial charge in [0.25, 0.3) is 5.91 Å². The van der Waals surface area contributed by atoms with E-state index in [1.165, 1.54) is 6.07 Å². The molecule has 1 aliphatic rings. The smallest absolute Gasteiger partial charge is 0.410 e. The Morgan fingerprint density at radius 1 is 1.04 bits per heavy atom. The molecule has 0 aliphatic carbocycles. The molecule has 0 aromatic heterocycles. The van der Waals surface area contributed by atoms with Crippen LogP contribution in [-0.2, 0) is 11.3 Å². The van der Waals surface area contributed by atoms with Crippen molar-refractivity contribution in [3.63, 3.8) is 0 Å². The number of amides is 2. The predicted octanol–water partition coefficient (Wildman–Crippen LogP) is 3.89. The molecule has 0 spiro atoms. The van der Waals surface area contributed by atoms with Crippen molar-refractivity contribution in [3.8, 4) is 0 Å². The van der Waals surface area contributed by atoms with Crippen LogP contribution in [0.25, 0.3) is 0 Å². The molecule has 0 unspecified atom stereocenters. The van der Waals surface area contributed by atoms with Gasteiger partial charge in [-0.3, -0.25) is 4.79 Å². The minimum atomic E-state index is -0.900. The van der Waals surface area contributed by atoms with Crippen LogP contribution in [0.1, 0.15) is 35.7 Å². The fraction of sp³-hybridized carbons (Fsp3) is 0.333. The normalized spacial score (nSPS) is 15.8. The number of rotatable bonds is 4. The van der Waals surface area contributed by atoms with E-state index in [9.17, 15) is 18.4 Å². The van der Waals surface area contributed by atoms with Gasteiger partial charge in [-0.15, -0.1) is 0 Å². The number of piperidine rings is 1. The first-order chi connectivity index (χ1) is 13.4. The third-order valence-electron chi connectivity index (χ3n) is 4.94. The Hall–Kier alpha value is -2.96. The summed E-state index contributed by atoms with van der Waals surface area (Å²) in [6, 6.07) is 12.7. The molecule has 2 aromatic rings. The second-order valence-electron chi connectivity index (χ2n) is 7.14. The molecule has 5 nitrogen and oxygen atoms in total. The second kappa shape index (κ2) is 8.37. The molecule has 1 saturated heterocycles. The van der Waals surface area contributed by atoms with Crippen LogP contribution in [0.4, 0.5) is 13.6 Å². The van der Waals surface area contributed by atoms with E-state index >= 15 is 0 Å². The van der Waals surface area contributed by atoms with Gasteiger partial charge in [-0.1, -0.05) is 36.4 Å². The van der Waals surface area contributed by atoms with Gasteiger partial charge in [-0.05, 0) is 37.5 Å². The highest BCUT2D eigenvalue weighted by Crippen LogP contribution is 2.24. The van der Waals surface area contributed by atoms with E-state index in [-0.39, 0.29) is 6.61 Å². The Morgan fingerprint density at radius 3 is 2.25 bits per heavy atom. The summed E-state index contributed by atoms with van der Waals surface area (Å²) in [5.41, 5.74) is -0.354. The Balaban J connectivity index is 1.53. The summed E-state index contributed by atoms with van der Waals surface area (Å²) in [7, 11) is 0. The van der Waals surface area contributed by atoms with Crippen LogP contribution < -0.4 is 5.32 Å².